The van der Waals surface area contributed by atoms with Crippen LogP contribution in [0.2, 0.25) is 25.7 Å². The number of hydrogen-bond acceptors (Lipinski definition) is 4. The summed E-state index contributed by atoms with van der Waals surface area (Å²) in [6.07, 6.45) is 3.77. The van der Waals surface area contributed by atoms with E-state index in [2.05, 4.69) is 19.6 Å². The van der Waals surface area contributed by atoms with E-state index < -0.39 is 14.2 Å². The normalized spacial score (nSPS) is 15.9. The predicted molar refractivity (Wildman–Crippen MR) is 80.9 cm³/mol. The number of aliphatic hydroxyl groups is 2. The molecule has 2 atom stereocenters. The lowest BCUT2D eigenvalue weighted by molar-refractivity contribution is -0.0393. The van der Waals surface area contributed by atoms with Crippen LogP contribution in [0.5, 0.6) is 0 Å². The summed E-state index contributed by atoms with van der Waals surface area (Å²) < 4.78 is 10.7. The Labute approximate surface area is 118 Å². The van der Waals surface area contributed by atoms with Crippen molar-refractivity contribution >= 4 is 8.07 Å². The van der Waals surface area contributed by atoms with Gasteiger partial charge < -0.3 is 19.7 Å². The summed E-state index contributed by atoms with van der Waals surface area (Å²) in [6.45, 7) is 10.3. The molecular formula is C14H30O4Si. The smallest absolute Gasteiger partial charge is 0.147 e. The second-order valence-electron chi connectivity index (χ2n) is 5.96. The van der Waals surface area contributed by atoms with Crippen LogP contribution in [0.4, 0.5) is 0 Å². The molecule has 0 aromatic carbocycles. The van der Waals surface area contributed by atoms with Crippen molar-refractivity contribution in [1.82, 2.24) is 0 Å². The molecule has 0 unspecified atom stereocenters. The molecule has 0 bridgehead atoms. The van der Waals surface area contributed by atoms with Crippen LogP contribution < -0.4 is 0 Å². The second-order valence-corrected chi connectivity index (χ2v) is 11.6. The Kier molecular flexibility index (Phi) is 10.5. The summed E-state index contributed by atoms with van der Waals surface area (Å²) in [7, 11) is -1.02. The molecule has 0 saturated carbocycles. The first-order valence-electron chi connectivity index (χ1n) is 7.01. The molecular weight excluding hydrogens is 260 g/mol. The van der Waals surface area contributed by atoms with Crippen LogP contribution in [0, 0.1) is 5.92 Å². The van der Waals surface area contributed by atoms with Gasteiger partial charge in [-0.15, -0.1) is 0 Å². The fourth-order valence-corrected chi connectivity index (χ4v) is 2.21. The zero-order valence-electron chi connectivity index (χ0n) is 12.8. The Balaban J connectivity index is 3.57. The van der Waals surface area contributed by atoms with Gasteiger partial charge >= 0.3 is 0 Å². The Hall–Kier alpha value is -0.203. The zero-order chi connectivity index (χ0) is 14.7. The maximum Gasteiger partial charge on any atom is 0.147 e. The fraction of sp³-hybridized carbons (Fsp3) is 0.857. The van der Waals surface area contributed by atoms with Crippen molar-refractivity contribution in [3.05, 3.63) is 12.2 Å². The number of rotatable bonds is 11. The Bertz CT molecular complexity index is 238. The molecule has 2 N–H and O–H groups in total. The van der Waals surface area contributed by atoms with E-state index in [4.69, 9.17) is 14.6 Å². The topological polar surface area (TPSA) is 58.9 Å². The van der Waals surface area contributed by atoms with Gasteiger partial charge in [0.15, 0.2) is 0 Å². The quantitative estimate of drug-likeness (QED) is 0.265. The molecule has 0 aromatic rings. The highest BCUT2D eigenvalue weighted by Gasteiger charge is 2.13. The molecule has 0 aliphatic carbocycles. The van der Waals surface area contributed by atoms with Crippen LogP contribution in [0.3, 0.4) is 0 Å². The first-order chi connectivity index (χ1) is 8.90. The summed E-state index contributed by atoms with van der Waals surface area (Å²) in [5.74, 6) is -0.207. The summed E-state index contributed by atoms with van der Waals surface area (Å²) in [6, 6.07) is 1.14. The number of ether oxygens (including phenoxy) is 2. The van der Waals surface area contributed by atoms with Gasteiger partial charge in [-0.05, 0) is 12.5 Å². The van der Waals surface area contributed by atoms with Crippen molar-refractivity contribution < 1.29 is 19.7 Å². The highest BCUT2D eigenvalue weighted by Crippen LogP contribution is 2.09. The minimum atomic E-state index is -1.02. The first-order valence-corrected chi connectivity index (χ1v) is 10.7. The maximum atomic E-state index is 9.59. The maximum absolute atomic E-state index is 9.59. The van der Waals surface area contributed by atoms with Gasteiger partial charge in [0.05, 0.1) is 19.3 Å². The predicted octanol–water partition coefficient (Wildman–Crippen LogP) is 2.25. The SMILES string of the molecule is CC[C@@H](O)[C@H](/C=C/COCOCC[Si](C)(C)C)CO. The van der Waals surface area contributed by atoms with E-state index >= 15 is 0 Å². The zero-order valence-corrected chi connectivity index (χ0v) is 13.8. The first kappa shape index (κ1) is 18.8. The van der Waals surface area contributed by atoms with Gasteiger partial charge in [0.1, 0.15) is 6.79 Å². The molecule has 0 rings (SSSR count). The third-order valence-electron chi connectivity index (χ3n) is 2.88. The van der Waals surface area contributed by atoms with Crippen LogP contribution in [-0.4, -0.2) is 51.0 Å². The average molecular weight is 290 g/mol. The molecule has 0 radical (unpaired) electrons. The van der Waals surface area contributed by atoms with Gasteiger partial charge in [0.2, 0.25) is 0 Å². The van der Waals surface area contributed by atoms with Crippen LogP contribution >= 0.6 is 0 Å². The van der Waals surface area contributed by atoms with E-state index in [1.54, 1.807) is 6.08 Å². The molecule has 0 amide bonds. The van der Waals surface area contributed by atoms with E-state index in [0.717, 1.165) is 12.7 Å². The molecule has 19 heavy (non-hydrogen) atoms. The van der Waals surface area contributed by atoms with Gasteiger partial charge in [0.25, 0.3) is 0 Å². The highest BCUT2D eigenvalue weighted by molar-refractivity contribution is 6.76. The monoisotopic (exact) mass is 290 g/mol. The molecule has 4 nitrogen and oxygen atoms in total. The van der Waals surface area contributed by atoms with Gasteiger partial charge in [0, 0.05) is 20.6 Å². The largest absolute Gasteiger partial charge is 0.396 e. The van der Waals surface area contributed by atoms with E-state index in [-0.39, 0.29) is 12.5 Å². The molecule has 0 heterocycles. The van der Waals surface area contributed by atoms with Gasteiger partial charge in [-0.3, -0.25) is 0 Å². The van der Waals surface area contributed by atoms with Crippen LogP contribution in [0.25, 0.3) is 0 Å². The molecule has 0 aromatic heterocycles. The summed E-state index contributed by atoms with van der Waals surface area (Å²) in [5, 5.41) is 18.7. The molecule has 0 fully saturated rings. The number of hydrogen-bond donors (Lipinski definition) is 2. The molecule has 0 aliphatic rings. The molecule has 5 heteroatoms. The fourth-order valence-electron chi connectivity index (χ4n) is 1.46. The van der Waals surface area contributed by atoms with Crippen LogP contribution in [-0.2, 0) is 9.47 Å². The van der Waals surface area contributed by atoms with Crippen molar-refractivity contribution in [1.29, 1.82) is 0 Å². The minimum Gasteiger partial charge on any atom is -0.396 e. The highest BCUT2D eigenvalue weighted by atomic mass is 28.3. The summed E-state index contributed by atoms with van der Waals surface area (Å²) >= 11 is 0. The van der Waals surface area contributed by atoms with Crippen molar-refractivity contribution in [3.63, 3.8) is 0 Å². The summed E-state index contributed by atoms with van der Waals surface area (Å²) in [5.41, 5.74) is 0. The molecule has 0 spiro atoms. The molecule has 0 saturated heterocycles. The Morgan fingerprint density at radius 2 is 1.89 bits per heavy atom. The van der Waals surface area contributed by atoms with Crippen molar-refractivity contribution in [2.45, 2.75) is 45.1 Å². The second kappa shape index (κ2) is 10.6. The van der Waals surface area contributed by atoms with Gasteiger partial charge in [-0.1, -0.05) is 38.7 Å². The van der Waals surface area contributed by atoms with Crippen molar-refractivity contribution in [2.75, 3.05) is 26.6 Å². The van der Waals surface area contributed by atoms with Crippen LogP contribution in [0.1, 0.15) is 13.3 Å². The third kappa shape index (κ3) is 11.3. The van der Waals surface area contributed by atoms with Crippen LogP contribution in [0.15, 0.2) is 12.2 Å². The molecule has 114 valence electrons. The summed E-state index contributed by atoms with van der Waals surface area (Å²) in [4.78, 5) is 0. The van der Waals surface area contributed by atoms with Crippen molar-refractivity contribution in [3.8, 4) is 0 Å². The van der Waals surface area contributed by atoms with E-state index in [1.807, 2.05) is 13.0 Å². The van der Waals surface area contributed by atoms with Crippen molar-refractivity contribution in [2.24, 2.45) is 5.92 Å². The standard InChI is InChI=1S/C14H30O4Si/c1-5-14(16)13(11-15)7-6-8-17-12-18-9-10-19(2,3)4/h6-7,13-16H,5,8-12H2,1-4H3/b7-6+/t13-,14-/m1/s1. The lowest BCUT2D eigenvalue weighted by atomic mass is 10.0. The minimum absolute atomic E-state index is 0.0434. The average Bonchev–Trinajstić information content (AvgIpc) is 2.35. The Morgan fingerprint density at radius 3 is 2.42 bits per heavy atom. The van der Waals surface area contributed by atoms with E-state index in [1.165, 1.54) is 0 Å². The lowest BCUT2D eigenvalue weighted by Gasteiger charge is -2.15. The number of aliphatic hydroxyl groups excluding tert-OH is 2. The lowest BCUT2D eigenvalue weighted by Crippen LogP contribution is -2.22. The van der Waals surface area contributed by atoms with Gasteiger partial charge in [-0.25, -0.2) is 0 Å². The van der Waals surface area contributed by atoms with E-state index in [0.29, 0.717) is 19.8 Å². The van der Waals surface area contributed by atoms with E-state index in [9.17, 15) is 5.11 Å². The Morgan fingerprint density at radius 1 is 1.21 bits per heavy atom. The van der Waals surface area contributed by atoms with Gasteiger partial charge in [-0.2, -0.15) is 0 Å². The third-order valence-corrected chi connectivity index (χ3v) is 4.59. The molecule has 0 aliphatic heterocycles.